The minimum Gasteiger partial charge on any atom is -0.460 e. The molecule has 1 aliphatic rings. The topological polar surface area (TPSA) is 52.6 Å². The van der Waals surface area contributed by atoms with Gasteiger partial charge in [0, 0.05) is 0 Å². The van der Waals surface area contributed by atoms with Gasteiger partial charge in [0.05, 0.1) is 5.41 Å². The largest absolute Gasteiger partial charge is 0.460 e. The highest BCUT2D eigenvalue weighted by Gasteiger charge is 2.41. The second kappa shape index (κ2) is 6.59. The Balaban J connectivity index is 2.38. The lowest BCUT2D eigenvalue weighted by Gasteiger charge is -2.36. The number of esters is 2. The van der Waals surface area contributed by atoms with Crippen molar-refractivity contribution in [3.63, 3.8) is 0 Å². The van der Waals surface area contributed by atoms with Crippen molar-refractivity contribution in [3.05, 3.63) is 0 Å². The summed E-state index contributed by atoms with van der Waals surface area (Å²) in [5, 5.41) is 0. The first-order chi connectivity index (χ1) is 9.14. The van der Waals surface area contributed by atoms with E-state index in [2.05, 4.69) is 0 Å². The van der Waals surface area contributed by atoms with Crippen LogP contribution in [0.25, 0.3) is 0 Å². The molecule has 0 aromatic rings. The Morgan fingerprint density at radius 3 is 2.05 bits per heavy atom. The van der Waals surface area contributed by atoms with E-state index in [1.54, 1.807) is 0 Å². The van der Waals surface area contributed by atoms with Crippen molar-refractivity contribution in [2.75, 3.05) is 6.61 Å². The fourth-order valence-electron chi connectivity index (χ4n) is 2.01. The van der Waals surface area contributed by atoms with Crippen molar-refractivity contribution in [2.24, 2.45) is 10.8 Å². The van der Waals surface area contributed by atoms with Gasteiger partial charge in [0.15, 0.2) is 6.61 Å². The molecular weight excluding hydrogens is 256 g/mol. The summed E-state index contributed by atoms with van der Waals surface area (Å²) in [4.78, 5) is 23.8. The Bertz CT molecular complexity index is 346. The van der Waals surface area contributed by atoms with Gasteiger partial charge in [-0.25, -0.2) is 4.79 Å². The zero-order valence-corrected chi connectivity index (χ0v) is 13.5. The molecule has 0 spiro atoms. The summed E-state index contributed by atoms with van der Waals surface area (Å²) in [5.41, 5.74) is -0.866. The molecule has 116 valence electrons. The maximum absolute atomic E-state index is 12.1. The van der Waals surface area contributed by atoms with E-state index < -0.39 is 11.4 Å². The summed E-state index contributed by atoms with van der Waals surface area (Å²) in [6.07, 6.45) is 5.28. The van der Waals surface area contributed by atoms with Crippen molar-refractivity contribution in [1.82, 2.24) is 0 Å². The van der Waals surface area contributed by atoms with Gasteiger partial charge >= 0.3 is 11.9 Å². The molecule has 0 saturated heterocycles. The Hall–Kier alpha value is -1.06. The summed E-state index contributed by atoms with van der Waals surface area (Å²) in [6.45, 7) is 9.33. The van der Waals surface area contributed by atoms with E-state index in [0.717, 1.165) is 25.7 Å². The molecule has 0 atom stereocenters. The molecule has 0 aromatic heterocycles. The molecule has 4 nitrogen and oxygen atoms in total. The van der Waals surface area contributed by atoms with Crippen LogP contribution in [0.3, 0.4) is 0 Å². The van der Waals surface area contributed by atoms with Crippen LogP contribution in [0.15, 0.2) is 0 Å². The van der Waals surface area contributed by atoms with Crippen LogP contribution in [0.1, 0.15) is 66.7 Å². The lowest BCUT2D eigenvalue weighted by molar-refractivity contribution is -0.171. The Morgan fingerprint density at radius 2 is 1.55 bits per heavy atom. The van der Waals surface area contributed by atoms with E-state index in [1.165, 1.54) is 6.42 Å². The minimum absolute atomic E-state index is 0.00517. The molecule has 0 bridgehead atoms. The number of carbonyl (C=O) groups excluding carboxylic acids is 2. The highest BCUT2D eigenvalue weighted by molar-refractivity contribution is 5.80. The average molecular weight is 284 g/mol. The smallest absolute Gasteiger partial charge is 0.344 e. The maximum Gasteiger partial charge on any atom is 0.344 e. The molecule has 1 rings (SSSR count). The second-order valence-electron chi connectivity index (χ2n) is 7.20. The van der Waals surface area contributed by atoms with Gasteiger partial charge < -0.3 is 9.47 Å². The molecule has 20 heavy (non-hydrogen) atoms. The number of hydrogen-bond donors (Lipinski definition) is 0. The molecule has 1 aliphatic carbocycles. The zero-order chi connectivity index (χ0) is 15.4. The fourth-order valence-corrected chi connectivity index (χ4v) is 2.01. The van der Waals surface area contributed by atoms with Gasteiger partial charge in [-0.15, -0.1) is 0 Å². The van der Waals surface area contributed by atoms with Crippen LogP contribution in [-0.2, 0) is 19.1 Å². The van der Waals surface area contributed by atoms with Crippen molar-refractivity contribution < 1.29 is 19.1 Å². The maximum atomic E-state index is 12.1. The molecule has 0 amide bonds. The van der Waals surface area contributed by atoms with Gasteiger partial charge in [0.2, 0.25) is 0 Å². The average Bonchev–Trinajstić information content (AvgIpc) is 2.35. The summed E-state index contributed by atoms with van der Waals surface area (Å²) in [5.74, 6) is -0.791. The predicted molar refractivity (Wildman–Crippen MR) is 77.2 cm³/mol. The summed E-state index contributed by atoms with van der Waals surface area (Å²) < 4.78 is 10.4. The molecule has 0 radical (unpaired) electrons. The number of carbonyl (C=O) groups is 2. The Labute approximate surface area is 122 Å². The number of hydrogen-bond acceptors (Lipinski definition) is 4. The monoisotopic (exact) mass is 284 g/mol. The Morgan fingerprint density at radius 1 is 1.00 bits per heavy atom. The zero-order valence-electron chi connectivity index (χ0n) is 13.5. The summed E-state index contributed by atoms with van der Waals surface area (Å²) in [6, 6.07) is 0. The van der Waals surface area contributed by atoms with E-state index in [1.807, 2.05) is 34.6 Å². The third kappa shape index (κ3) is 4.50. The SMILES string of the molecule is CC(C)(C)C(C)(C)C(=O)OCC(=O)OC1CCCCC1. The number of ether oxygens (including phenoxy) is 2. The predicted octanol–water partition coefficient (Wildman–Crippen LogP) is 3.48. The molecule has 1 fully saturated rings. The quantitative estimate of drug-likeness (QED) is 0.742. The van der Waals surface area contributed by atoms with Crippen LogP contribution in [-0.4, -0.2) is 24.6 Å². The van der Waals surface area contributed by atoms with E-state index in [0.29, 0.717) is 0 Å². The van der Waals surface area contributed by atoms with Gasteiger partial charge in [0.1, 0.15) is 6.10 Å². The van der Waals surface area contributed by atoms with E-state index in [4.69, 9.17) is 9.47 Å². The molecule has 4 heteroatoms. The van der Waals surface area contributed by atoms with Crippen molar-refractivity contribution >= 4 is 11.9 Å². The molecule has 1 saturated carbocycles. The van der Waals surface area contributed by atoms with Gasteiger partial charge in [-0.05, 0) is 44.9 Å². The standard InChI is InChI=1S/C16H28O4/c1-15(2,3)16(4,5)14(18)19-11-13(17)20-12-9-7-6-8-10-12/h12H,6-11H2,1-5H3. The van der Waals surface area contributed by atoms with Crippen molar-refractivity contribution in [2.45, 2.75) is 72.8 Å². The third-order valence-corrected chi connectivity index (χ3v) is 4.56. The number of rotatable bonds is 4. The molecule has 0 heterocycles. The molecule has 0 unspecified atom stereocenters. The van der Waals surface area contributed by atoms with Gasteiger partial charge in [0.25, 0.3) is 0 Å². The first-order valence-electron chi connectivity index (χ1n) is 7.51. The molecule has 0 aliphatic heterocycles. The second-order valence-corrected chi connectivity index (χ2v) is 7.20. The fraction of sp³-hybridized carbons (Fsp3) is 0.875. The van der Waals surface area contributed by atoms with Crippen LogP contribution in [0.2, 0.25) is 0 Å². The normalized spacial score (nSPS) is 17.6. The Kier molecular flexibility index (Phi) is 5.60. The molecular formula is C16H28O4. The van der Waals surface area contributed by atoms with Crippen molar-refractivity contribution in [1.29, 1.82) is 0 Å². The van der Waals surface area contributed by atoms with Crippen LogP contribution in [0.5, 0.6) is 0 Å². The van der Waals surface area contributed by atoms with Crippen LogP contribution >= 0.6 is 0 Å². The van der Waals surface area contributed by atoms with Gasteiger partial charge in [-0.3, -0.25) is 4.79 Å². The van der Waals surface area contributed by atoms with Gasteiger partial charge in [-0.1, -0.05) is 27.2 Å². The third-order valence-electron chi connectivity index (χ3n) is 4.56. The first-order valence-corrected chi connectivity index (χ1v) is 7.51. The van der Waals surface area contributed by atoms with Crippen LogP contribution in [0, 0.1) is 10.8 Å². The van der Waals surface area contributed by atoms with Crippen molar-refractivity contribution in [3.8, 4) is 0 Å². The van der Waals surface area contributed by atoms with E-state index in [-0.39, 0.29) is 24.1 Å². The highest BCUT2D eigenvalue weighted by atomic mass is 16.6. The minimum atomic E-state index is -0.641. The molecule has 0 N–H and O–H groups in total. The van der Waals surface area contributed by atoms with Crippen LogP contribution < -0.4 is 0 Å². The van der Waals surface area contributed by atoms with E-state index in [9.17, 15) is 9.59 Å². The lowest BCUT2D eigenvalue weighted by atomic mass is 9.69. The highest BCUT2D eigenvalue weighted by Crippen LogP contribution is 2.38. The van der Waals surface area contributed by atoms with Crippen LogP contribution in [0.4, 0.5) is 0 Å². The first kappa shape index (κ1) is 17.0. The summed E-state index contributed by atoms with van der Waals surface area (Å²) in [7, 11) is 0. The summed E-state index contributed by atoms with van der Waals surface area (Å²) >= 11 is 0. The lowest BCUT2D eigenvalue weighted by Crippen LogP contribution is -2.40. The molecule has 0 aromatic carbocycles. The van der Waals surface area contributed by atoms with E-state index >= 15 is 0 Å². The van der Waals surface area contributed by atoms with Gasteiger partial charge in [-0.2, -0.15) is 0 Å².